The number of nitrogens with zero attached hydrogens (tertiary/aromatic N) is 1. The van der Waals surface area contributed by atoms with Crippen LogP contribution < -0.4 is 14.8 Å². The highest BCUT2D eigenvalue weighted by atomic mass is 79.9. The fourth-order valence-corrected chi connectivity index (χ4v) is 2.36. The van der Waals surface area contributed by atoms with Crippen molar-refractivity contribution >= 4 is 27.3 Å². The first-order valence-corrected chi connectivity index (χ1v) is 7.23. The van der Waals surface area contributed by atoms with E-state index in [4.69, 9.17) is 9.47 Å². The van der Waals surface area contributed by atoms with Gasteiger partial charge in [-0.25, -0.2) is 0 Å². The molecule has 0 amide bonds. The lowest BCUT2D eigenvalue weighted by atomic mass is 10.1. The quantitative estimate of drug-likeness (QED) is 0.617. The summed E-state index contributed by atoms with van der Waals surface area (Å²) in [4.78, 5) is 10.7. The first-order chi connectivity index (χ1) is 10.5. The molecule has 0 heterocycles. The third-order valence-electron chi connectivity index (χ3n) is 3.11. The Balaban J connectivity index is 2.25. The maximum absolute atomic E-state index is 11.1. The van der Waals surface area contributed by atoms with Crippen molar-refractivity contribution in [2.75, 3.05) is 19.5 Å². The van der Waals surface area contributed by atoms with Crippen molar-refractivity contribution in [3.8, 4) is 11.5 Å². The number of nitrogens with one attached hydrogen (secondary N) is 1. The Labute approximate surface area is 136 Å². The highest BCUT2D eigenvalue weighted by molar-refractivity contribution is 9.10. The molecule has 0 fully saturated rings. The van der Waals surface area contributed by atoms with Crippen LogP contribution in [-0.4, -0.2) is 19.1 Å². The zero-order valence-electron chi connectivity index (χ0n) is 12.1. The van der Waals surface area contributed by atoms with E-state index in [2.05, 4.69) is 21.2 Å². The van der Waals surface area contributed by atoms with Gasteiger partial charge in [-0.05, 0) is 30.3 Å². The summed E-state index contributed by atoms with van der Waals surface area (Å²) in [5.74, 6) is 1.39. The van der Waals surface area contributed by atoms with Crippen molar-refractivity contribution in [1.82, 2.24) is 0 Å². The van der Waals surface area contributed by atoms with E-state index in [0.29, 0.717) is 28.2 Å². The molecule has 0 aliphatic rings. The molecule has 0 radical (unpaired) electrons. The van der Waals surface area contributed by atoms with Crippen LogP contribution in [0.3, 0.4) is 0 Å². The summed E-state index contributed by atoms with van der Waals surface area (Å²) in [5, 5.41) is 14.2. The first kappa shape index (κ1) is 16.1. The molecule has 0 aliphatic carbocycles. The van der Waals surface area contributed by atoms with Gasteiger partial charge < -0.3 is 14.8 Å². The largest absolute Gasteiger partial charge is 0.497 e. The molecule has 1 N–H and O–H groups in total. The monoisotopic (exact) mass is 366 g/mol. The predicted molar refractivity (Wildman–Crippen MR) is 87.7 cm³/mol. The smallest absolute Gasteiger partial charge is 0.293 e. The van der Waals surface area contributed by atoms with E-state index in [0.717, 1.165) is 5.56 Å². The standard InChI is InChI=1S/C15H15BrN2O4/c1-21-12-4-6-15(22-2)10(7-12)9-17-13-5-3-11(16)8-14(13)18(19)20/h3-8,17H,9H2,1-2H3. The molecule has 0 unspecified atom stereocenters. The Morgan fingerprint density at radius 1 is 1.18 bits per heavy atom. The molecule has 2 aromatic rings. The second-order valence-corrected chi connectivity index (χ2v) is 5.37. The number of ether oxygens (including phenoxy) is 2. The van der Waals surface area contributed by atoms with Gasteiger partial charge in [0.05, 0.1) is 19.1 Å². The third kappa shape index (κ3) is 3.67. The molecule has 0 aromatic heterocycles. The summed E-state index contributed by atoms with van der Waals surface area (Å²) < 4.78 is 11.1. The lowest BCUT2D eigenvalue weighted by Gasteiger charge is -2.12. The van der Waals surface area contributed by atoms with E-state index in [1.165, 1.54) is 6.07 Å². The maximum atomic E-state index is 11.1. The van der Waals surface area contributed by atoms with Crippen LogP contribution >= 0.6 is 15.9 Å². The van der Waals surface area contributed by atoms with Gasteiger partial charge in [0.2, 0.25) is 0 Å². The van der Waals surface area contributed by atoms with Crippen molar-refractivity contribution in [1.29, 1.82) is 0 Å². The van der Waals surface area contributed by atoms with Crippen LogP contribution in [0.1, 0.15) is 5.56 Å². The Morgan fingerprint density at radius 3 is 2.59 bits per heavy atom. The second kappa shape index (κ2) is 7.13. The molecule has 2 rings (SSSR count). The Bertz CT molecular complexity index is 691. The number of methoxy groups -OCH3 is 2. The summed E-state index contributed by atoms with van der Waals surface area (Å²) in [6.45, 7) is 0.378. The number of rotatable bonds is 6. The molecular weight excluding hydrogens is 352 g/mol. The molecule has 0 aliphatic heterocycles. The van der Waals surface area contributed by atoms with Crippen molar-refractivity contribution in [2.45, 2.75) is 6.54 Å². The summed E-state index contributed by atoms with van der Waals surface area (Å²) >= 11 is 3.23. The number of nitro benzene ring substituents is 1. The lowest BCUT2D eigenvalue weighted by Crippen LogP contribution is -2.04. The Kier molecular flexibility index (Phi) is 5.21. The highest BCUT2D eigenvalue weighted by Gasteiger charge is 2.14. The molecular formula is C15H15BrN2O4. The minimum Gasteiger partial charge on any atom is -0.497 e. The molecule has 2 aromatic carbocycles. The summed E-state index contributed by atoms with van der Waals surface area (Å²) in [6, 6.07) is 10.3. The Hall–Kier alpha value is -2.28. The zero-order valence-corrected chi connectivity index (χ0v) is 13.7. The topological polar surface area (TPSA) is 73.6 Å². The Morgan fingerprint density at radius 2 is 1.95 bits per heavy atom. The molecule has 0 bridgehead atoms. The highest BCUT2D eigenvalue weighted by Crippen LogP contribution is 2.30. The summed E-state index contributed by atoms with van der Waals surface area (Å²) in [6.07, 6.45) is 0. The van der Waals surface area contributed by atoms with Gasteiger partial charge in [0.15, 0.2) is 0 Å². The molecule has 7 heteroatoms. The molecule has 0 spiro atoms. The van der Waals surface area contributed by atoms with Gasteiger partial charge in [0.25, 0.3) is 5.69 Å². The van der Waals surface area contributed by atoms with Crippen molar-refractivity contribution in [3.63, 3.8) is 0 Å². The molecule has 6 nitrogen and oxygen atoms in total. The average Bonchev–Trinajstić information content (AvgIpc) is 2.53. The third-order valence-corrected chi connectivity index (χ3v) is 3.61. The van der Waals surface area contributed by atoms with Crippen molar-refractivity contribution in [3.05, 3.63) is 56.5 Å². The van der Waals surface area contributed by atoms with Crippen LogP contribution in [-0.2, 0) is 6.54 Å². The van der Waals surface area contributed by atoms with Gasteiger partial charge in [0.1, 0.15) is 17.2 Å². The predicted octanol–water partition coefficient (Wildman–Crippen LogP) is 3.99. The van der Waals surface area contributed by atoms with Crippen LogP contribution in [0.4, 0.5) is 11.4 Å². The average molecular weight is 367 g/mol. The molecule has 0 atom stereocenters. The first-order valence-electron chi connectivity index (χ1n) is 6.44. The van der Waals surface area contributed by atoms with Crippen LogP contribution in [0.25, 0.3) is 0 Å². The van der Waals surface area contributed by atoms with Gasteiger partial charge in [0, 0.05) is 22.6 Å². The second-order valence-electron chi connectivity index (χ2n) is 4.45. The molecule has 0 saturated carbocycles. The molecule has 0 saturated heterocycles. The van der Waals surface area contributed by atoms with Gasteiger partial charge in [-0.2, -0.15) is 0 Å². The van der Waals surface area contributed by atoms with Crippen molar-refractivity contribution in [2.24, 2.45) is 0 Å². The number of nitro groups is 1. The number of anilines is 1. The summed E-state index contributed by atoms with van der Waals surface area (Å²) in [5.41, 5.74) is 1.30. The van der Waals surface area contributed by atoms with E-state index in [1.807, 2.05) is 6.07 Å². The molecule has 116 valence electrons. The van der Waals surface area contributed by atoms with Crippen molar-refractivity contribution < 1.29 is 14.4 Å². The number of benzene rings is 2. The number of halogens is 1. The minimum atomic E-state index is -0.421. The van der Waals surface area contributed by atoms with Gasteiger partial charge in [-0.3, -0.25) is 10.1 Å². The maximum Gasteiger partial charge on any atom is 0.293 e. The van der Waals surface area contributed by atoms with Crippen LogP contribution in [0.5, 0.6) is 11.5 Å². The fourth-order valence-electron chi connectivity index (χ4n) is 2.02. The molecule has 22 heavy (non-hydrogen) atoms. The van der Waals surface area contributed by atoms with E-state index >= 15 is 0 Å². The van der Waals surface area contributed by atoms with Crippen LogP contribution in [0.2, 0.25) is 0 Å². The van der Waals surface area contributed by atoms with E-state index < -0.39 is 4.92 Å². The van der Waals surface area contributed by atoms with Gasteiger partial charge in [-0.1, -0.05) is 15.9 Å². The summed E-state index contributed by atoms with van der Waals surface area (Å²) in [7, 11) is 3.16. The van der Waals surface area contributed by atoms with Crippen LogP contribution in [0.15, 0.2) is 40.9 Å². The van der Waals surface area contributed by atoms with Gasteiger partial charge in [-0.15, -0.1) is 0 Å². The van der Waals surface area contributed by atoms with E-state index in [1.54, 1.807) is 38.5 Å². The van der Waals surface area contributed by atoms with E-state index in [-0.39, 0.29) is 5.69 Å². The SMILES string of the molecule is COc1ccc(OC)c(CNc2ccc(Br)cc2[N+](=O)[O-])c1. The van der Waals surface area contributed by atoms with Crippen LogP contribution in [0, 0.1) is 10.1 Å². The zero-order chi connectivity index (χ0) is 16.1. The fraction of sp³-hybridized carbons (Fsp3) is 0.200. The van der Waals surface area contributed by atoms with E-state index in [9.17, 15) is 10.1 Å². The minimum absolute atomic E-state index is 0.0104. The lowest BCUT2D eigenvalue weighted by molar-refractivity contribution is -0.384. The van der Waals surface area contributed by atoms with Gasteiger partial charge >= 0.3 is 0 Å². The number of hydrogen-bond donors (Lipinski definition) is 1. The number of hydrogen-bond acceptors (Lipinski definition) is 5. The normalized spacial score (nSPS) is 10.1.